The molecule has 7 heteroatoms. The maximum Gasteiger partial charge on any atom is 0.261 e. The molecule has 0 atom stereocenters. The Hall–Kier alpha value is -2.51. The number of rotatable bonds is 4. The summed E-state index contributed by atoms with van der Waals surface area (Å²) in [6.07, 6.45) is 1.15. The molecule has 0 aliphatic heterocycles. The highest BCUT2D eigenvalue weighted by Crippen LogP contribution is 2.39. The van der Waals surface area contributed by atoms with E-state index in [-0.39, 0.29) is 16.6 Å². The van der Waals surface area contributed by atoms with Crippen LogP contribution in [0.2, 0.25) is 0 Å². The molecule has 0 saturated carbocycles. The second-order valence-corrected chi connectivity index (χ2v) is 8.80. The molecule has 1 amide bonds. The summed E-state index contributed by atoms with van der Waals surface area (Å²) in [5.41, 5.74) is 2.36. The van der Waals surface area contributed by atoms with Gasteiger partial charge in [-0.3, -0.25) is 4.79 Å². The number of amides is 1. The molecule has 0 spiro atoms. The first-order chi connectivity index (χ1) is 12.3. The van der Waals surface area contributed by atoms with E-state index in [1.165, 1.54) is 35.6 Å². The predicted octanol–water partition coefficient (Wildman–Crippen LogP) is 3.98. The molecule has 4 nitrogen and oxygen atoms in total. The molecular weight excluding hydrogens is 373 g/mol. The number of halogens is 1. The molecule has 26 heavy (non-hydrogen) atoms. The van der Waals surface area contributed by atoms with Crippen molar-refractivity contribution in [3.05, 3.63) is 65.3 Å². The molecule has 1 heterocycles. The summed E-state index contributed by atoms with van der Waals surface area (Å²) < 4.78 is 36.5. The third-order valence-electron chi connectivity index (χ3n) is 3.88. The Labute approximate surface area is 155 Å². The van der Waals surface area contributed by atoms with E-state index in [4.69, 9.17) is 0 Å². The topological polar surface area (TPSA) is 63.2 Å². The van der Waals surface area contributed by atoms with Gasteiger partial charge in [-0.2, -0.15) is 0 Å². The molecule has 134 valence electrons. The fourth-order valence-corrected chi connectivity index (χ4v) is 4.30. The van der Waals surface area contributed by atoms with Crippen LogP contribution in [0, 0.1) is 5.82 Å². The van der Waals surface area contributed by atoms with Crippen molar-refractivity contribution in [2.45, 2.75) is 4.90 Å². The van der Waals surface area contributed by atoms with Crippen molar-refractivity contribution in [2.24, 2.45) is 0 Å². The van der Waals surface area contributed by atoms with Crippen molar-refractivity contribution in [3.63, 3.8) is 0 Å². The smallest absolute Gasteiger partial charge is 0.261 e. The average Bonchev–Trinajstić information content (AvgIpc) is 3.06. The molecule has 2 aromatic carbocycles. The Morgan fingerprint density at radius 1 is 1.00 bits per heavy atom. The zero-order valence-electron chi connectivity index (χ0n) is 14.1. The fourth-order valence-electron chi connectivity index (χ4n) is 2.54. The van der Waals surface area contributed by atoms with Crippen LogP contribution in [-0.2, 0) is 9.84 Å². The number of nitrogens with one attached hydrogen (secondary N) is 1. The van der Waals surface area contributed by atoms with Gasteiger partial charge >= 0.3 is 0 Å². The van der Waals surface area contributed by atoms with E-state index in [9.17, 15) is 17.6 Å². The van der Waals surface area contributed by atoms with E-state index in [1.807, 2.05) is 0 Å². The summed E-state index contributed by atoms with van der Waals surface area (Å²) in [5, 5.41) is 2.60. The molecule has 1 N–H and O–H groups in total. The molecule has 1 aromatic heterocycles. The summed E-state index contributed by atoms with van der Waals surface area (Å²) in [4.78, 5) is 13.6. The van der Waals surface area contributed by atoms with Gasteiger partial charge in [0.15, 0.2) is 9.84 Å². The van der Waals surface area contributed by atoms with Crippen LogP contribution in [0.15, 0.2) is 59.5 Å². The Bertz CT molecular complexity index is 1050. The van der Waals surface area contributed by atoms with Crippen molar-refractivity contribution in [3.8, 4) is 21.6 Å². The minimum absolute atomic E-state index is 0.211. The van der Waals surface area contributed by atoms with Crippen LogP contribution >= 0.6 is 11.3 Å². The Kier molecular flexibility index (Phi) is 4.93. The van der Waals surface area contributed by atoms with E-state index in [1.54, 1.807) is 37.4 Å². The van der Waals surface area contributed by atoms with Gasteiger partial charge in [0.2, 0.25) is 0 Å². The van der Waals surface area contributed by atoms with Gasteiger partial charge in [-0.05, 0) is 41.5 Å². The predicted molar refractivity (Wildman–Crippen MR) is 102 cm³/mol. The Morgan fingerprint density at radius 2 is 1.58 bits per heavy atom. The van der Waals surface area contributed by atoms with Crippen molar-refractivity contribution in [1.82, 2.24) is 5.32 Å². The summed E-state index contributed by atoms with van der Waals surface area (Å²) in [7, 11) is -1.73. The summed E-state index contributed by atoms with van der Waals surface area (Å²) in [6.45, 7) is 0. The number of carbonyl (C=O) groups is 1. The van der Waals surface area contributed by atoms with Gasteiger partial charge in [0.25, 0.3) is 5.91 Å². The maximum absolute atomic E-state index is 13.3. The van der Waals surface area contributed by atoms with Crippen molar-refractivity contribution < 1.29 is 17.6 Å². The summed E-state index contributed by atoms with van der Waals surface area (Å²) in [6, 6.07) is 14.3. The first-order valence-corrected chi connectivity index (χ1v) is 10.4. The SMILES string of the molecule is CNC(=O)c1cc(-c2ccc(S(C)(=O)=O)cc2)c(-c2ccc(F)cc2)s1. The zero-order valence-corrected chi connectivity index (χ0v) is 15.7. The molecule has 0 unspecified atom stereocenters. The maximum atomic E-state index is 13.3. The summed E-state index contributed by atoms with van der Waals surface area (Å²) in [5.74, 6) is -0.548. The summed E-state index contributed by atoms with van der Waals surface area (Å²) >= 11 is 1.30. The third-order valence-corrected chi connectivity index (χ3v) is 6.19. The highest BCUT2D eigenvalue weighted by Gasteiger charge is 2.17. The first kappa shape index (κ1) is 18.3. The van der Waals surface area contributed by atoms with Gasteiger partial charge in [0, 0.05) is 23.7 Å². The van der Waals surface area contributed by atoms with Crippen LogP contribution in [0.3, 0.4) is 0 Å². The highest BCUT2D eigenvalue weighted by atomic mass is 32.2. The van der Waals surface area contributed by atoms with Crippen LogP contribution in [0.4, 0.5) is 4.39 Å². The van der Waals surface area contributed by atoms with Crippen LogP contribution in [0.1, 0.15) is 9.67 Å². The van der Waals surface area contributed by atoms with Gasteiger partial charge in [0.1, 0.15) is 5.82 Å². The van der Waals surface area contributed by atoms with E-state index >= 15 is 0 Å². The van der Waals surface area contributed by atoms with Gasteiger partial charge in [-0.1, -0.05) is 24.3 Å². The molecule has 3 aromatic rings. The molecular formula is C19H16FNO3S2. The normalized spacial score (nSPS) is 11.3. The minimum atomic E-state index is -3.28. The molecule has 0 aliphatic carbocycles. The van der Waals surface area contributed by atoms with E-state index in [2.05, 4.69) is 5.32 Å². The van der Waals surface area contributed by atoms with E-state index < -0.39 is 9.84 Å². The molecule has 0 bridgehead atoms. The number of carbonyl (C=O) groups excluding carboxylic acids is 1. The van der Waals surface area contributed by atoms with E-state index in [0.717, 1.165) is 27.8 Å². The molecule has 0 radical (unpaired) electrons. The number of hydrogen-bond donors (Lipinski definition) is 1. The third kappa shape index (κ3) is 3.68. The van der Waals surface area contributed by atoms with Gasteiger partial charge in [-0.25, -0.2) is 12.8 Å². The lowest BCUT2D eigenvalue weighted by Gasteiger charge is -2.06. The second-order valence-electron chi connectivity index (χ2n) is 5.74. The molecule has 0 fully saturated rings. The fraction of sp³-hybridized carbons (Fsp3) is 0.105. The number of sulfone groups is 1. The Balaban J connectivity index is 2.14. The molecule has 0 aliphatic rings. The van der Waals surface area contributed by atoms with Gasteiger partial charge in [0.05, 0.1) is 9.77 Å². The van der Waals surface area contributed by atoms with Crippen LogP contribution in [-0.4, -0.2) is 27.6 Å². The lowest BCUT2D eigenvalue weighted by atomic mass is 10.0. The number of benzene rings is 2. The van der Waals surface area contributed by atoms with Crippen LogP contribution in [0.5, 0.6) is 0 Å². The number of hydrogen-bond acceptors (Lipinski definition) is 4. The van der Waals surface area contributed by atoms with Crippen molar-refractivity contribution in [2.75, 3.05) is 13.3 Å². The van der Waals surface area contributed by atoms with Crippen molar-refractivity contribution >= 4 is 27.1 Å². The zero-order chi connectivity index (χ0) is 18.9. The lowest BCUT2D eigenvalue weighted by Crippen LogP contribution is -2.16. The Morgan fingerprint density at radius 3 is 2.12 bits per heavy atom. The lowest BCUT2D eigenvalue weighted by molar-refractivity contribution is 0.0967. The van der Waals surface area contributed by atoms with Gasteiger partial charge in [-0.15, -0.1) is 11.3 Å². The van der Waals surface area contributed by atoms with Crippen molar-refractivity contribution in [1.29, 1.82) is 0 Å². The van der Waals surface area contributed by atoms with E-state index in [0.29, 0.717) is 4.88 Å². The van der Waals surface area contributed by atoms with Gasteiger partial charge < -0.3 is 5.32 Å². The average molecular weight is 389 g/mol. The number of thiophene rings is 1. The van der Waals surface area contributed by atoms with Crippen LogP contribution in [0.25, 0.3) is 21.6 Å². The van der Waals surface area contributed by atoms with Crippen LogP contribution < -0.4 is 5.32 Å². The standard InChI is InChI=1S/C19H16FNO3S2/c1-21-19(22)17-11-16(12-5-9-15(10-6-12)26(2,23)24)18(25-17)13-3-7-14(20)8-4-13/h3-11H,1-2H3,(H,21,22). The molecule has 0 saturated heterocycles. The minimum Gasteiger partial charge on any atom is -0.354 e. The first-order valence-electron chi connectivity index (χ1n) is 7.72. The highest BCUT2D eigenvalue weighted by molar-refractivity contribution is 7.90. The largest absolute Gasteiger partial charge is 0.354 e. The second kappa shape index (κ2) is 7.01. The monoisotopic (exact) mass is 389 g/mol. The molecule has 3 rings (SSSR count). The quantitative estimate of drug-likeness (QED) is 0.734.